The fourth-order valence-electron chi connectivity index (χ4n) is 1.58. The number of hydrogen-bond donors (Lipinski definition) is 2. The first-order valence-electron chi connectivity index (χ1n) is 6.63. The predicted molar refractivity (Wildman–Crippen MR) is 105 cm³/mol. The number of rotatable bonds is 10. The van der Waals surface area contributed by atoms with Crippen LogP contribution < -0.4 is 9.47 Å². The first-order chi connectivity index (χ1) is 11.0. The Kier molecular flexibility index (Phi) is 8.95. The molecule has 0 atom stereocenters. The van der Waals surface area contributed by atoms with E-state index in [1.165, 1.54) is 0 Å². The second kappa shape index (κ2) is 9.70. The lowest BCUT2D eigenvalue weighted by atomic mass is 10.3. The Labute approximate surface area is 168 Å². The highest BCUT2D eigenvalue weighted by Crippen LogP contribution is 2.31. The second-order valence-corrected chi connectivity index (χ2v) is 10.2. The van der Waals surface area contributed by atoms with Crippen LogP contribution in [0.5, 0.6) is 11.5 Å². The van der Waals surface area contributed by atoms with Gasteiger partial charge in [0.15, 0.2) is 0 Å². The van der Waals surface area contributed by atoms with Gasteiger partial charge in [0.2, 0.25) is 0 Å². The van der Waals surface area contributed by atoms with Crippen molar-refractivity contribution in [3.8, 4) is 11.5 Å². The van der Waals surface area contributed by atoms with Crippen molar-refractivity contribution in [1.29, 1.82) is 0 Å². The van der Waals surface area contributed by atoms with Crippen molar-refractivity contribution in [3.05, 3.63) is 19.3 Å². The lowest BCUT2D eigenvalue weighted by molar-refractivity contribution is 0.304. The third-order valence-corrected chi connectivity index (χ3v) is 5.89. The molecule has 0 aromatic heterocycles. The molecule has 0 fully saturated rings. The summed E-state index contributed by atoms with van der Waals surface area (Å²) in [6.45, 7) is 0.279. The van der Waals surface area contributed by atoms with E-state index in [4.69, 9.17) is 18.6 Å². The SMILES string of the molecule is O=S(=O)(O)CCCOc1cc(I)c(OCCCS(=O)(=O)O)cc1I. The smallest absolute Gasteiger partial charge is 0.264 e. The van der Waals surface area contributed by atoms with E-state index in [2.05, 4.69) is 0 Å². The number of hydrogen-bond acceptors (Lipinski definition) is 6. The monoisotopic (exact) mass is 606 g/mol. The normalized spacial score (nSPS) is 12.2. The second-order valence-electron chi connectivity index (χ2n) is 4.69. The summed E-state index contributed by atoms with van der Waals surface area (Å²) in [4.78, 5) is 0. The summed E-state index contributed by atoms with van der Waals surface area (Å²) < 4.78 is 72.2. The van der Waals surface area contributed by atoms with Crippen LogP contribution in [-0.4, -0.2) is 50.7 Å². The van der Waals surface area contributed by atoms with E-state index >= 15 is 0 Å². The molecular weight excluding hydrogens is 590 g/mol. The zero-order valence-corrected chi connectivity index (χ0v) is 18.3. The Hall–Kier alpha value is 0.1000. The summed E-state index contributed by atoms with van der Waals surface area (Å²) in [6.07, 6.45) is 0.332. The van der Waals surface area contributed by atoms with E-state index in [1.54, 1.807) is 12.1 Å². The van der Waals surface area contributed by atoms with Gasteiger partial charge in [-0.3, -0.25) is 9.11 Å². The quantitative estimate of drug-likeness (QED) is 0.236. The summed E-state index contributed by atoms with van der Waals surface area (Å²) in [7, 11) is -7.98. The lowest BCUT2D eigenvalue weighted by Crippen LogP contribution is -2.10. The third-order valence-electron chi connectivity index (χ3n) is 2.59. The van der Waals surface area contributed by atoms with Gasteiger partial charge in [-0.05, 0) is 70.2 Å². The van der Waals surface area contributed by atoms with Crippen LogP contribution >= 0.6 is 45.2 Å². The average molecular weight is 606 g/mol. The Morgan fingerprint density at radius 3 is 1.42 bits per heavy atom. The molecule has 0 unspecified atom stereocenters. The molecule has 8 nitrogen and oxygen atoms in total. The zero-order chi connectivity index (χ0) is 18.4. The third kappa shape index (κ3) is 9.55. The Bertz CT molecular complexity index is 696. The summed E-state index contributed by atoms with van der Waals surface area (Å²) in [5, 5.41) is 0. The molecule has 0 aliphatic rings. The maximum Gasteiger partial charge on any atom is 0.264 e. The topological polar surface area (TPSA) is 127 Å². The highest BCUT2D eigenvalue weighted by atomic mass is 127. The molecule has 1 aromatic carbocycles. The fraction of sp³-hybridized carbons (Fsp3) is 0.500. The van der Waals surface area contributed by atoms with Gasteiger partial charge in [-0.25, -0.2) is 0 Å². The maximum atomic E-state index is 10.6. The Morgan fingerprint density at radius 1 is 0.792 bits per heavy atom. The van der Waals surface area contributed by atoms with Gasteiger partial charge < -0.3 is 9.47 Å². The van der Waals surface area contributed by atoms with Gasteiger partial charge in [0.05, 0.1) is 31.9 Å². The van der Waals surface area contributed by atoms with Gasteiger partial charge in [-0.15, -0.1) is 0 Å². The summed E-state index contributed by atoms with van der Waals surface area (Å²) in [6, 6.07) is 3.43. The van der Waals surface area contributed by atoms with Crippen molar-refractivity contribution in [1.82, 2.24) is 0 Å². The van der Waals surface area contributed by atoms with Crippen molar-refractivity contribution in [2.75, 3.05) is 24.7 Å². The van der Waals surface area contributed by atoms with Crippen molar-refractivity contribution in [3.63, 3.8) is 0 Å². The van der Waals surface area contributed by atoms with Crippen LogP contribution in [-0.2, 0) is 20.2 Å². The van der Waals surface area contributed by atoms with Gasteiger partial charge in [-0.1, -0.05) is 0 Å². The Balaban J connectivity index is 2.56. The van der Waals surface area contributed by atoms with E-state index in [1.807, 2.05) is 45.2 Å². The van der Waals surface area contributed by atoms with Gasteiger partial charge >= 0.3 is 0 Å². The average Bonchev–Trinajstić information content (AvgIpc) is 2.41. The molecule has 2 N–H and O–H groups in total. The highest BCUT2D eigenvalue weighted by Gasteiger charge is 2.11. The number of ether oxygens (including phenoxy) is 2. The first kappa shape index (κ1) is 22.1. The fourth-order valence-corrected chi connectivity index (χ4v) is 3.73. The van der Waals surface area contributed by atoms with E-state index in [0.717, 1.165) is 7.14 Å². The molecule has 1 rings (SSSR count). The predicted octanol–water partition coefficient (Wildman–Crippen LogP) is 2.21. The minimum Gasteiger partial charge on any atom is -0.492 e. The van der Waals surface area contributed by atoms with Crippen LogP contribution in [0.2, 0.25) is 0 Å². The van der Waals surface area contributed by atoms with Gasteiger partial charge in [-0.2, -0.15) is 16.8 Å². The molecule has 0 amide bonds. The van der Waals surface area contributed by atoms with E-state index in [-0.39, 0.29) is 37.6 Å². The van der Waals surface area contributed by atoms with Crippen molar-refractivity contribution >= 4 is 65.4 Å². The molecule has 0 aliphatic carbocycles. The van der Waals surface area contributed by atoms with Crippen molar-refractivity contribution < 1.29 is 35.4 Å². The van der Waals surface area contributed by atoms with Crippen LogP contribution in [0.4, 0.5) is 0 Å². The van der Waals surface area contributed by atoms with E-state index in [0.29, 0.717) is 11.5 Å². The minimum atomic E-state index is -3.99. The largest absolute Gasteiger partial charge is 0.492 e. The molecule has 138 valence electrons. The van der Waals surface area contributed by atoms with Gasteiger partial charge in [0, 0.05) is 0 Å². The first-order valence-corrected chi connectivity index (χ1v) is 12.0. The van der Waals surface area contributed by atoms with E-state index in [9.17, 15) is 16.8 Å². The van der Waals surface area contributed by atoms with E-state index < -0.39 is 20.2 Å². The molecule has 1 aromatic rings. The molecule has 0 heterocycles. The van der Waals surface area contributed by atoms with Gasteiger partial charge in [0.1, 0.15) is 11.5 Å². The van der Waals surface area contributed by atoms with Crippen molar-refractivity contribution in [2.24, 2.45) is 0 Å². The standard InChI is InChI=1S/C12H16I2O8S2/c13-9-8-12(22-4-2-6-24(18,19)20)10(14)7-11(9)21-3-1-5-23(15,16)17/h7-8H,1-6H2,(H,15,16,17)(H,18,19,20). The molecule has 0 bridgehead atoms. The molecule has 12 heteroatoms. The zero-order valence-electron chi connectivity index (χ0n) is 12.3. The molecule has 0 saturated carbocycles. The van der Waals surface area contributed by atoms with Crippen LogP contribution in [0.1, 0.15) is 12.8 Å². The molecule has 24 heavy (non-hydrogen) atoms. The number of benzene rings is 1. The van der Waals surface area contributed by atoms with Gasteiger partial charge in [0.25, 0.3) is 20.2 Å². The molecule has 0 radical (unpaired) electrons. The van der Waals surface area contributed by atoms with Crippen LogP contribution in [0.3, 0.4) is 0 Å². The molecule has 0 spiro atoms. The summed E-state index contributed by atoms with van der Waals surface area (Å²) in [5.41, 5.74) is 0. The minimum absolute atomic E-state index is 0.139. The highest BCUT2D eigenvalue weighted by molar-refractivity contribution is 14.1. The summed E-state index contributed by atoms with van der Waals surface area (Å²) in [5.74, 6) is 0.381. The Morgan fingerprint density at radius 2 is 1.12 bits per heavy atom. The van der Waals surface area contributed by atoms with Crippen LogP contribution in [0.15, 0.2) is 12.1 Å². The van der Waals surface area contributed by atoms with Crippen molar-refractivity contribution in [2.45, 2.75) is 12.8 Å². The van der Waals surface area contributed by atoms with Crippen LogP contribution in [0.25, 0.3) is 0 Å². The maximum absolute atomic E-state index is 10.6. The summed E-state index contributed by atoms with van der Waals surface area (Å²) >= 11 is 4.07. The molecule has 0 saturated heterocycles. The molecule has 0 aliphatic heterocycles. The number of halogens is 2. The lowest BCUT2D eigenvalue weighted by Gasteiger charge is -2.12. The van der Waals surface area contributed by atoms with Crippen LogP contribution in [0, 0.1) is 7.14 Å². The molecular formula is C12H16I2O8S2.